The van der Waals surface area contributed by atoms with Gasteiger partial charge < -0.3 is 14.2 Å². The fourth-order valence-electron chi connectivity index (χ4n) is 2.10. The highest BCUT2D eigenvalue weighted by molar-refractivity contribution is 5.68. The third-order valence-corrected chi connectivity index (χ3v) is 3.05. The maximum absolute atomic E-state index is 9.92. The molecular formula is C13H17NO2. The average Bonchev–Trinajstić information content (AvgIpc) is 2.72. The van der Waals surface area contributed by atoms with Crippen LogP contribution >= 0.6 is 0 Å². The summed E-state index contributed by atoms with van der Waals surface area (Å²) in [5.41, 5.74) is 3.10. The third-order valence-electron chi connectivity index (χ3n) is 3.05. The van der Waals surface area contributed by atoms with Crippen molar-refractivity contribution >= 4 is 5.52 Å². The molecule has 2 aromatic heterocycles. The smallest absolute Gasteiger partial charge is 0.144 e. The lowest BCUT2D eigenvalue weighted by Gasteiger charge is -2.13. The van der Waals surface area contributed by atoms with Crippen LogP contribution in [0.15, 0.2) is 24.5 Å². The van der Waals surface area contributed by atoms with Gasteiger partial charge in [0, 0.05) is 12.4 Å². The molecule has 2 rings (SSSR count). The van der Waals surface area contributed by atoms with Gasteiger partial charge in [0.1, 0.15) is 5.75 Å². The molecule has 0 aliphatic rings. The van der Waals surface area contributed by atoms with Crippen molar-refractivity contribution in [2.75, 3.05) is 7.11 Å². The van der Waals surface area contributed by atoms with Crippen molar-refractivity contribution in [3.8, 4) is 5.75 Å². The predicted octanol–water partition coefficient (Wildman–Crippen LogP) is 2.70. The maximum Gasteiger partial charge on any atom is 0.144 e. The van der Waals surface area contributed by atoms with E-state index in [0.29, 0.717) is 0 Å². The Balaban J connectivity index is 2.66. The summed E-state index contributed by atoms with van der Waals surface area (Å²) < 4.78 is 7.33. The van der Waals surface area contributed by atoms with Crippen molar-refractivity contribution in [1.29, 1.82) is 0 Å². The minimum atomic E-state index is -0.399. The molecule has 0 saturated carbocycles. The van der Waals surface area contributed by atoms with Crippen molar-refractivity contribution in [2.24, 2.45) is 0 Å². The van der Waals surface area contributed by atoms with E-state index in [1.165, 1.54) is 0 Å². The first-order valence-electron chi connectivity index (χ1n) is 5.51. The average molecular weight is 219 g/mol. The highest BCUT2D eigenvalue weighted by Crippen LogP contribution is 2.29. The first-order valence-corrected chi connectivity index (χ1v) is 5.51. The van der Waals surface area contributed by atoms with Gasteiger partial charge in [-0.3, -0.25) is 0 Å². The van der Waals surface area contributed by atoms with Crippen molar-refractivity contribution in [1.82, 2.24) is 4.40 Å². The predicted molar refractivity (Wildman–Crippen MR) is 63.9 cm³/mol. The summed E-state index contributed by atoms with van der Waals surface area (Å²) in [6, 6.07) is 3.90. The number of fused-ring (bicyclic) bond motifs is 1. The molecule has 0 aromatic carbocycles. The SMILES string of the molecule is CCC(O)c1ccn2ccc(OC)c2c1C. The normalized spacial score (nSPS) is 13.0. The van der Waals surface area contributed by atoms with Crippen LogP contribution in [0.4, 0.5) is 0 Å². The number of aryl methyl sites for hydroxylation is 1. The molecule has 0 spiro atoms. The van der Waals surface area contributed by atoms with Crippen LogP contribution < -0.4 is 4.74 Å². The van der Waals surface area contributed by atoms with Crippen LogP contribution in [0.3, 0.4) is 0 Å². The quantitative estimate of drug-likeness (QED) is 0.861. The van der Waals surface area contributed by atoms with Gasteiger partial charge in [0.05, 0.1) is 18.7 Å². The summed E-state index contributed by atoms with van der Waals surface area (Å²) in [7, 11) is 1.66. The van der Waals surface area contributed by atoms with Gasteiger partial charge in [0.2, 0.25) is 0 Å². The van der Waals surface area contributed by atoms with Crippen LogP contribution in [0.5, 0.6) is 5.75 Å². The molecule has 1 N–H and O–H groups in total. The van der Waals surface area contributed by atoms with Gasteiger partial charge in [0.15, 0.2) is 0 Å². The first-order chi connectivity index (χ1) is 7.69. The van der Waals surface area contributed by atoms with E-state index in [1.54, 1.807) is 7.11 Å². The van der Waals surface area contributed by atoms with Crippen LogP contribution in [-0.4, -0.2) is 16.6 Å². The van der Waals surface area contributed by atoms with E-state index < -0.39 is 6.10 Å². The Bertz CT molecular complexity index is 502. The van der Waals surface area contributed by atoms with Crippen LogP contribution in [0.2, 0.25) is 0 Å². The fraction of sp³-hybridized carbons (Fsp3) is 0.385. The third kappa shape index (κ3) is 1.57. The second kappa shape index (κ2) is 4.18. The van der Waals surface area contributed by atoms with E-state index in [0.717, 1.165) is 28.8 Å². The monoisotopic (exact) mass is 219 g/mol. The largest absolute Gasteiger partial charge is 0.494 e. The van der Waals surface area contributed by atoms with Crippen LogP contribution in [-0.2, 0) is 0 Å². The lowest BCUT2D eigenvalue weighted by molar-refractivity contribution is 0.173. The molecule has 0 radical (unpaired) electrons. The molecule has 0 saturated heterocycles. The molecule has 3 nitrogen and oxygen atoms in total. The number of pyridine rings is 1. The van der Waals surface area contributed by atoms with Gasteiger partial charge in [0.25, 0.3) is 0 Å². The highest BCUT2D eigenvalue weighted by Gasteiger charge is 2.13. The molecular weight excluding hydrogens is 202 g/mol. The van der Waals surface area contributed by atoms with E-state index >= 15 is 0 Å². The van der Waals surface area contributed by atoms with Gasteiger partial charge in [-0.2, -0.15) is 0 Å². The van der Waals surface area contributed by atoms with Crippen LogP contribution in [0.25, 0.3) is 5.52 Å². The number of aromatic nitrogens is 1. The molecule has 0 aliphatic heterocycles. The van der Waals surface area contributed by atoms with Gasteiger partial charge in [-0.05, 0) is 36.6 Å². The molecule has 86 valence electrons. The number of ether oxygens (including phenoxy) is 1. The number of aliphatic hydroxyl groups excluding tert-OH is 1. The zero-order valence-corrected chi connectivity index (χ0v) is 9.90. The molecule has 2 aromatic rings. The summed E-state index contributed by atoms with van der Waals surface area (Å²) in [4.78, 5) is 0. The van der Waals surface area contributed by atoms with Crippen molar-refractivity contribution in [3.05, 3.63) is 35.7 Å². The number of hydrogen-bond donors (Lipinski definition) is 1. The minimum Gasteiger partial charge on any atom is -0.494 e. The zero-order chi connectivity index (χ0) is 11.7. The second-order valence-corrected chi connectivity index (χ2v) is 3.96. The van der Waals surface area contributed by atoms with Gasteiger partial charge in [-0.25, -0.2) is 0 Å². The Kier molecular flexibility index (Phi) is 2.88. The van der Waals surface area contributed by atoms with Crippen molar-refractivity contribution in [3.63, 3.8) is 0 Å². The van der Waals surface area contributed by atoms with E-state index in [-0.39, 0.29) is 0 Å². The van der Waals surface area contributed by atoms with Crippen LogP contribution in [0.1, 0.15) is 30.6 Å². The standard InChI is InChI=1S/C13H17NO2/c1-4-11(15)10-5-7-14-8-6-12(16-3)13(14)9(10)2/h5-8,11,15H,4H2,1-3H3. The molecule has 3 heteroatoms. The van der Waals surface area contributed by atoms with Gasteiger partial charge in [-0.15, -0.1) is 0 Å². The van der Waals surface area contributed by atoms with E-state index in [2.05, 4.69) is 0 Å². The van der Waals surface area contributed by atoms with Gasteiger partial charge >= 0.3 is 0 Å². The first kappa shape index (κ1) is 11.0. The molecule has 0 amide bonds. The van der Waals surface area contributed by atoms with Crippen LogP contribution in [0, 0.1) is 6.92 Å². The lowest BCUT2D eigenvalue weighted by Crippen LogP contribution is -2.01. The molecule has 0 bridgehead atoms. The summed E-state index contributed by atoms with van der Waals surface area (Å²) in [6.07, 6.45) is 4.24. The zero-order valence-electron chi connectivity index (χ0n) is 9.90. The highest BCUT2D eigenvalue weighted by atomic mass is 16.5. The Morgan fingerprint density at radius 2 is 2.06 bits per heavy atom. The maximum atomic E-state index is 9.92. The van der Waals surface area contributed by atoms with Crippen molar-refractivity contribution in [2.45, 2.75) is 26.4 Å². The van der Waals surface area contributed by atoms with E-state index in [4.69, 9.17) is 4.74 Å². The summed E-state index contributed by atoms with van der Waals surface area (Å²) in [6.45, 7) is 4.00. The fourth-order valence-corrected chi connectivity index (χ4v) is 2.10. The lowest BCUT2D eigenvalue weighted by atomic mass is 10.0. The molecule has 1 unspecified atom stereocenters. The molecule has 0 aliphatic carbocycles. The topological polar surface area (TPSA) is 33.9 Å². The number of hydrogen-bond acceptors (Lipinski definition) is 2. The number of methoxy groups -OCH3 is 1. The summed E-state index contributed by atoms with van der Waals surface area (Å²) in [5, 5.41) is 9.92. The molecule has 0 fully saturated rings. The van der Waals surface area contributed by atoms with Gasteiger partial charge in [-0.1, -0.05) is 6.92 Å². The molecule has 16 heavy (non-hydrogen) atoms. The molecule has 1 atom stereocenters. The Labute approximate surface area is 95.3 Å². The van der Waals surface area contributed by atoms with Crippen molar-refractivity contribution < 1.29 is 9.84 Å². The van der Waals surface area contributed by atoms with E-state index in [1.807, 2.05) is 42.8 Å². The second-order valence-electron chi connectivity index (χ2n) is 3.96. The summed E-state index contributed by atoms with van der Waals surface area (Å²) >= 11 is 0. The van der Waals surface area contributed by atoms with E-state index in [9.17, 15) is 5.11 Å². The Morgan fingerprint density at radius 3 is 2.69 bits per heavy atom. The Morgan fingerprint density at radius 1 is 1.38 bits per heavy atom. The Hall–Kier alpha value is -1.48. The summed E-state index contributed by atoms with van der Waals surface area (Å²) in [5.74, 6) is 0.850. The number of rotatable bonds is 3. The minimum absolute atomic E-state index is 0.399. The molecule has 2 heterocycles. The number of aliphatic hydroxyl groups is 1. The number of nitrogens with zero attached hydrogens (tertiary/aromatic N) is 1.